The van der Waals surface area contributed by atoms with Gasteiger partial charge in [-0.25, -0.2) is 0 Å². The summed E-state index contributed by atoms with van der Waals surface area (Å²) in [5.74, 6) is 0.736. The first-order valence-corrected chi connectivity index (χ1v) is 7.81. The molecule has 1 heterocycles. The van der Waals surface area contributed by atoms with Crippen molar-refractivity contribution in [2.45, 2.75) is 45.4 Å². The molecule has 1 aliphatic rings. The van der Waals surface area contributed by atoms with Crippen molar-refractivity contribution in [3.05, 3.63) is 35.9 Å². The second-order valence-electron chi connectivity index (χ2n) is 7.41. The van der Waals surface area contributed by atoms with E-state index in [0.717, 1.165) is 5.92 Å². The van der Waals surface area contributed by atoms with Crippen LogP contribution in [0.4, 0.5) is 0 Å². The molecule has 0 aliphatic carbocycles. The van der Waals surface area contributed by atoms with Gasteiger partial charge in [0.2, 0.25) is 0 Å². The molecule has 1 aromatic rings. The van der Waals surface area contributed by atoms with Gasteiger partial charge in [-0.05, 0) is 29.7 Å². The third-order valence-electron chi connectivity index (χ3n) is 5.14. The monoisotopic (exact) mass is 260 g/mol. The number of piperidine rings is 1. The Morgan fingerprint density at radius 1 is 1.11 bits per heavy atom. The quantitative estimate of drug-likeness (QED) is 0.702. The normalized spacial score (nSPS) is 22.9. The van der Waals surface area contributed by atoms with Crippen LogP contribution in [0, 0.1) is 5.41 Å². The van der Waals surface area contributed by atoms with Crippen LogP contribution in [0.15, 0.2) is 30.3 Å². The van der Waals surface area contributed by atoms with Gasteiger partial charge in [0, 0.05) is 12.8 Å². The average Bonchev–Trinajstić information content (AvgIpc) is 2.41. The molecule has 1 saturated heterocycles. The van der Waals surface area contributed by atoms with Crippen molar-refractivity contribution in [2.75, 3.05) is 27.2 Å². The second kappa shape index (κ2) is 5.66. The lowest BCUT2D eigenvalue weighted by molar-refractivity contribution is -0.897. The third kappa shape index (κ3) is 3.82. The van der Waals surface area contributed by atoms with Crippen LogP contribution in [0.5, 0.6) is 0 Å². The van der Waals surface area contributed by atoms with E-state index in [0.29, 0.717) is 5.41 Å². The summed E-state index contributed by atoms with van der Waals surface area (Å²) in [6.07, 6.45) is 5.37. The van der Waals surface area contributed by atoms with Gasteiger partial charge in [0.1, 0.15) is 0 Å². The van der Waals surface area contributed by atoms with Gasteiger partial charge in [-0.3, -0.25) is 0 Å². The van der Waals surface area contributed by atoms with Crippen LogP contribution < -0.4 is 0 Å². The number of hydrogen-bond acceptors (Lipinski definition) is 0. The van der Waals surface area contributed by atoms with E-state index in [-0.39, 0.29) is 0 Å². The van der Waals surface area contributed by atoms with Crippen LogP contribution in [-0.2, 0) is 0 Å². The highest BCUT2D eigenvalue weighted by Crippen LogP contribution is 2.42. The van der Waals surface area contributed by atoms with E-state index in [1.807, 2.05) is 0 Å². The Balaban J connectivity index is 2.03. The smallest absolute Gasteiger partial charge is 0.0787 e. The Morgan fingerprint density at radius 3 is 2.21 bits per heavy atom. The van der Waals surface area contributed by atoms with Crippen molar-refractivity contribution >= 4 is 0 Å². The number of hydrogen-bond donors (Lipinski definition) is 0. The van der Waals surface area contributed by atoms with E-state index in [1.165, 1.54) is 48.8 Å². The van der Waals surface area contributed by atoms with Crippen molar-refractivity contribution in [3.8, 4) is 0 Å². The van der Waals surface area contributed by atoms with Crippen molar-refractivity contribution in [1.82, 2.24) is 0 Å². The number of rotatable bonds is 4. The number of quaternary nitrogens is 1. The SMILES string of the molecule is CCC(CC1(C)CC[N+](C)(C)CC1)c1ccccc1. The lowest BCUT2D eigenvalue weighted by Crippen LogP contribution is -2.49. The van der Waals surface area contributed by atoms with Crippen LogP contribution >= 0.6 is 0 Å². The van der Waals surface area contributed by atoms with E-state index >= 15 is 0 Å². The van der Waals surface area contributed by atoms with Crippen LogP contribution in [0.2, 0.25) is 0 Å². The molecule has 106 valence electrons. The Labute approximate surface area is 119 Å². The summed E-state index contributed by atoms with van der Waals surface area (Å²) >= 11 is 0. The summed E-state index contributed by atoms with van der Waals surface area (Å²) in [4.78, 5) is 0. The van der Waals surface area contributed by atoms with Crippen LogP contribution in [0.3, 0.4) is 0 Å². The van der Waals surface area contributed by atoms with Crippen LogP contribution in [0.1, 0.15) is 51.0 Å². The molecule has 0 N–H and O–H groups in total. The first-order valence-electron chi connectivity index (χ1n) is 7.81. The third-order valence-corrected chi connectivity index (χ3v) is 5.14. The summed E-state index contributed by atoms with van der Waals surface area (Å²) in [6, 6.07) is 11.1. The topological polar surface area (TPSA) is 0 Å². The molecule has 1 nitrogen and oxygen atoms in total. The predicted octanol–water partition coefficient (Wildman–Crippen LogP) is 4.45. The zero-order valence-electron chi connectivity index (χ0n) is 13.2. The van der Waals surface area contributed by atoms with Gasteiger partial charge >= 0.3 is 0 Å². The van der Waals surface area contributed by atoms with Crippen LogP contribution in [-0.4, -0.2) is 31.7 Å². The fraction of sp³-hybridized carbons (Fsp3) is 0.667. The zero-order valence-corrected chi connectivity index (χ0v) is 13.2. The molecule has 2 rings (SSSR count). The Morgan fingerprint density at radius 2 is 1.68 bits per heavy atom. The molecule has 0 radical (unpaired) electrons. The second-order valence-corrected chi connectivity index (χ2v) is 7.41. The molecule has 0 bridgehead atoms. The van der Waals surface area contributed by atoms with E-state index in [9.17, 15) is 0 Å². The van der Waals surface area contributed by atoms with Crippen LogP contribution in [0.25, 0.3) is 0 Å². The van der Waals surface area contributed by atoms with E-state index in [4.69, 9.17) is 0 Å². The maximum atomic E-state index is 2.51. The van der Waals surface area contributed by atoms with Gasteiger partial charge in [-0.2, -0.15) is 0 Å². The van der Waals surface area contributed by atoms with Gasteiger partial charge in [0.15, 0.2) is 0 Å². The molecule has 1 fully saturated rings. The molecule has 1 unspecified atom stereocenters. The zero-order chi connectivity index (χ0) is 13.9. The van der Waals surface area contributed by atoms with Gasteiger partial charge in [0.05, 0.1) is 27.2 Å². The van der Waals surface area contributed by atoms with Gasteiger partial charge in [-0.15, -0.1) is 0 Å². The van der Waals surface area contributed by atoms with Gasteiger partial charge < -0.3 is 4.48 Å². The Bertz CT molecular complexity index is 383. The minimum atomic E-state index is 0.546. The largest absolute Gasteiger partial charge is 0.328 e. The van der Waals surface area contributed by atoms with Crippen molar-refractivity contribution < 1.29 is 4.48 Å². The molecule has 0 amide bonds. The number of likely N-dealkylation sites (tertiary alicyclic amines) is 1. The molecular formula is C18H30N+. The highest BCUT2D eigenvalue weighted by atomic mass is 15.3. The maximum Gasteiger partial charge on any atom is 0.0787 e. The molecule has 1 aliphatic heterocycles. The molecule has 19 heavy (non-hydrogen) atoms. The molecule has 1 heteroatoms. The van der Waals surface area contributed by atoms with Gasteiger partial charge in [0.25, 0.3) is 0 Å². The molecule has 0 saturated carbocycles. The molecule has 0 spiro atoms. The maximum absolute atomic E-state index is 2.51. The molecule has 0 aromatic heterocycles. The summed E-state index contributed by atoms with van der Waals surface area (Å²) in [5.41, 5.74) is 2.08. The average molecular weight is 260 g/mol. The lowest BCUT2D eigenvalue weighted by atomic mass is 9.71. The Hall–Kier alpha value is -0.820. The highest BCUT2D eigenvalue weighted by molar-refractivity contribution is 5.19. The molecular weight excluding hydrogens is 230 g/mol. The predicted molar refractivity (Wildman–Crippen MR) is 83.3 cm³/mol. The standard InChI is InChI=1S/C18H30N/c1-5-16(17-9-7-6-8-10-17)15-18(2)11-13-19(3,4)14-12-18/h6-10,16H,5,11-15H2,1-4H3/q+1. The van der Waals surface area contributed by atoms with Gasteiger partial charge in [-0.1, -0.05) is 44.2 Å². The van der Waals surface area contributed by atoms with E-state index < -0.39 is 0 Å². The fourth-order valence-corrected chi connectivity index (χ4v) is 3.40. The van der Waals surface area contributed by atoms with Crippen molar-refractivity contribution in [3.63, 3.8) is 0 Å². The highest BCUT2D eigenvalue weighted by Gasteiger charge is 2.36. The molecule has 1 atom stereocenters. The van der Waals surface area contributed by atoms with Crippen molar-refractivity contribution in [2.24, 2.45) is 5.41 Å². The lowest BCUT2D eigenvalue weighted by Gasteiger charge is -2.44. The Kier molecular flexibility index (Phi) is 4.35. The molecule has 1 aromatic carbocycles. The minimum absolute atomic E-state index is 0.546. The number of nitrogens with zero attached hydrogens (tertiary/aromatic N) is 1. The first-order chi connectivity index (χ1) is 8.94. The van der Waals surface area contributed by atoms with E-state index in [1.54, 1.807) is 0 Å². The number of benzene rings is 1. The van der Waals surface area contributed by atoms with E-state index in [2.05, 4.69) is 58.3 Å². The summed E-state index contributed by atoms with van der Waals surface area (Å²) in [7, 11) is 4.74. The first kappa shape index (κ1) is 14.6. The summed E-state index contributed by atoms with van der Waals surface area (Å²) in [6.45, 7) is 7.52. The summed E-state index contributed by atoms with van der Waals surface area (Å²) < 4.78 is 1.21. The summed E-state index contributed by atoms with van der Waals surface area (Å²) in [5, 5.41) is 0. The van der Waals surface area contributed by atoms with Crippen molar-refractivity contribution in [1.29, 1.82) is 0 Å². The fourth-order valence-electron chi connectivity index (χ4n) is 3.40. The minimum Gasteiger partial charge on any atom is -0.328 e.